The number of hydrogen-bond donors (Lipinski definition) is 0. The molecule has 1 nitrogen and oxygen atoms in total. The van der Waals surface area contributed by atoms with Crippen LogP contribution in [0.25, 0.3) is 0 Å². The summed E-state index contributed by atoms with van der Waals surface area (Å²) in [7, 11) is 0. The molecule has 1 aromatic heterocycles. The Bertz CT molecular complexity index is 285. The lowest BCUT2D eigenvalue weighted by Crippen LogP contribution is -2.15. The van der Waals surface area contributed by atoms with Gasteiger partial charge in [-0.15, -0.1) is 0 Å². The molecule has 1 aromatic rings. The quantitative estimate of drug-likeness (QED) is 0.723. The Morgan fingerprint density at radius 2 is 2.14 bits per heavy atom. The van der Waals surface area contributed by atoms with E-state index < -0.39 is 5.82 Å². The minimum atomic E-state index is -0.466. The molecule has 0 atom stereocenters. The second-order valence-corrected chi connectivity index (χ2v) is 4.56. The zero-order chi connectivity index (χ0) is 10.8. The molecule has 14 heavy (non-hydrogen) atoms. The average molecular weight is 219 g/mol. The van der Waals surface area contributed by atoms with E-state index >= 15 is 0 Å². The first-order chi connectivity index (χ1) is 6.47. The molecular formula is C11H16ClFO. The monoisotopic (exact) mass is 218 g/mol. The summed E-state index contributed by atoms with van der Waals surface area (Å²) in [6.07, 6.45) is 3.21. The fourth-order valence-corrected chi connectivity index (χ4v) is 1.56. The molecule has 0 spiro atoms. The number of unbranched alkanes of at least 4 members (excludes halogenated alkanes) is 1. The van der Waals surface area contributed by atoms with Gasteiger partial charge in [0.25, 0.3) is 0 Å². The maximum Gasteiger partial charge on any atom is 0.229 e. The minimum Gasteiger partial charge on any atom is -0.446 e. The van der Waals surface area contributed by atoms with Crippen molar-refractivity contribution in [3.63, 3.8) is 0 Å². The number of rotatable bonds is 4. The van der Waals surface area contributed by atoms with Crippen molar-refractivity contribution in [1.29, 1.82) is 0 Å². The van der Waals surface area contributed by atoms with E-state index in [1.54, 1.807) is 0 Å². The molecule has 0 N–H and O–H groups in total. The molecule has 0 aliphatic carbocycles. The summed E-state index contributed by atoms with van der Waals surface area (Å²) in [5.74, 6) is 0.166. The van der Waals surface area contributed by atoms with E-state index in [0.29, 0.717) is 5.76 Å². The Morgan fingerprint density at radius 3 is 2.57 bits per heavy atom. The van der Waals surface area contributed by atoms with Gasteiger partial charge >= 0.3 is 0 Å². The van der Waals surface area contributed by atoms with Crippen molar-refractivity contribution < 1.29 is 8.81 Å². The Balaban J connectivity index is 2.80. The van der Waals surface area contributed by atoms with Crippen LogP contribution in [0, 0.1) is 5.82 Å². The standard InChI is InChI=1S/C11H16ClFO/c1-4-5-6-11(2,3)9-7-8(13)10(12)14-9/h7H,4-6H2,1-3H3. The van der Waals surface area contributed by atoms with E-state index in [0.717, 1.165) is 19.3 Å². The Morgan fingerprint density at radius 1 is 1.50 bits per heavy atom. The summed E-state index contributed by atoms with van der Waals surface area (Å²) in [5, 5.41) is -0.135. The SMILES string of the molecule is CCCCC(C)(C)c1cc(F)c(Cl)o1. The van der Waals surface area contributed by atoms with Crippen LogP contribution in [0.4, 0.5) is 4.39 Å². The summed E-state index contributed by atoms with van der Waals surface area (Å²) >= 11 is 5.53. The molecule has 1 heterocycles. The van der Waals surface area contributed by atoms with E-state index in [9.17, 15) is 4.39 Å². The Labute approximate surface area is 89.2 Å². The van der Waals surface area contributed by atoms with E-state index in [-0.39, 0.29) is 10.6 Å². The smallest absolute Gasteiger partial charge is 0.229 e. The molecule has 0 aliphatic heterocycles. The fraction of sp³-hybridized carbons (Fsp3) is 0.636. The maximum absolute atomic E-state index is 13.0. The third-order valence-electron chi connectivity index (χ3n) is 2.47. The van der Waals surface area contributed by atoms with Gasteiger partial charge in [0.1, 0.15) is 5.76 Å². The molecule has 1 rings (SSSR count). The molecule has 3 heteroatoms. The molecule has 0 unspecified atom stereocenters. The Hall–Kier alpha value is -0.500. The normalized spacial score (nSPS) is 12.1. The van der Waals surface area contributed by atoms with Gasteiger partial charge in [-0.1, -0.05) is 33.6 Å². The highest BCUT2D eigenvalue weighted by atomic mass is 35.5. The topological polar surface area (TPSA) is 13.1 Å². The summed E-state index contributed by atoms with van der Waals surface area (Å²) in [5.41, 5.74) is -0.135. The molecule has 0 fully saturated rings. The van der Waals surface area contributed by atoms with Crippen molar-refractivity contribution in [3.8, 4) is 0 Å². The Kier molecular flexibility index (Phi) is 3.59. The molecular weight excluding hydrogens is 203 g/mol. The maximum atomic E-state index is 13.0. The van der Waals surface area contributed by atoms with Crippen LogP contribution in [-0.2, 0) is 5.41 Å². The van der Waals surface area contributed by atoms with Crippen LogP contribution in [0.1, 0.15) is 45.8 Å². The molecule has 0 amide bonds. The van der Waals surface area contributed by atoms with Gasteiger partial charge < -0.3 is 4.42 Å². The van der Waals surface area contributed by atoms with Crippen LogP contribution in [0.3, 0.4) is 0 Å². The van der Waals surface area contributed by atoms with Crippen LogP contribution in [0.15, 0.2) is 10.5 Å². The van der Waals surface area contributed by atoms with Gasteiger partial charge in [0.2, 0.25) is 5.22 Å². The van der Waals surface area contributed by atoms with Crippen LogP contribution in [0.5, 0.6) is 0 Å². The van der Waals surface area contributed by atoms with Crippen LogP contribution < -0.4 is 0 Å². The first-order valence-electron chi connectivity index (χ1n) is 4.92. The van der Waals surface area contributed by atoms with Crippen molar-refractivity contribution in [2.75, 3.05) is 0 Å². The molecule has 0 aromatic carbocycles. The molecule has 80 valence electrons. The average Bonchev–Trinajstić information content (AvgIpc) is 2.45. The fourth-order valence-electron chi connectivity index (χ4n) is 1.42. The van der Waals surface area contributed by atoms with E-state index in [4.69, 9.17) is 16.0 Å². The highest BCUT2D eigenvalue weighted by molar-refractivity contribution is 6.29. The van der Waals surface area contributed by atoms with E-state index in [1.165, 1.54) is 6.07 Å². The summed E-state index contributed by atoms with van der Waals surface area (Å²) < 4.78 is 18.1. The van der Waals surface area contributed by atoms with Crippen LogP contribution in [0.2, 0.25) is 5.22 Å². The van der Waals surface area contributed by atoms with Gasteiger partial charge in [-0.2, -0.15) is 0 Å². The minimum absolute atomic E-state index is 0.135. The summed E-state index contributed by atoms with van der Waals surface area (Å²) in [6, 6.07) is 1.39. The third kappa shape index (κ3) is 2.50. The highest BCUT2D eigenvalue weighted by Gasteiger charge is 2.25. The van der Waals surface area contributed by atoms with Gasteiger partial charge in [0.15, 0.2) is 5.82 Å². The lowest BCUT2D eigenvalue weighted by Gasteiger charge is -2.21. The van der Waals surface area contributed by atoms with Gasteiger partial charge in [-0.05, 0) is 18.0 Å². The van der Waals surface area contributed by atoms with Crippen molar-refractivity contribution >= 4 is 11.6 Å². The number of furan rings is 1. The summed E-state index contributed by atoms with van der Waals surface area (Å²) in [6.45, 7) is 6.21. The molecule has 0 aliphatic rings. The summed E-state index contributed by atoms with van der Waals surface area (Å²) in [4.78, 5) is 0. The van der Waals surface area contributed by atoms with Crippen molar-refractivity contribution in [2.24, 2.45) is 0 Å². The molecule has 0 saturated heterocycles. The van der Waals surface area contributed by atoms with Crippen molar-refractivity contribution in [2.45, 2.75) is 45.4 Å². The van der Waals surface area contributed by atoms with Crippen molar-refractivity contribution in [3.05, 3.63) is 22.9 Å². The van der Waals surface area contributed by atoms with Crippen LogP contribution >= 0.6 is 11.6 Å². The van der Waals surface area contributed by atoms with Gasteiger partial charge in [-0.25, -0.2) is 4.39 Å². The van der Waals surface area contributed by atoms with Gasteiger partial charge in [0, 0.05) is 11.5 Å². The second kappa shape index (κ2) is 4.35. The predicted molar refractivity (Wildman–Crippen MR) is 56.2 cm³/mol. The first-order valence-corrected chi connectivity index (χ1v) is 5.30. The zero-order valence-electron chi connectivity index (χ0n) is 8.86. The van der Waals surface area contributed by atoms with E-state index in [2.05, 4.69) is 6.92 Å². The second-order valence-electron chi connectivity index (χ2n) is 4.22. The molecule has 0 saturated carbocycles. The van der Waals surface area contributed by atoms with Gasteiger partial charge in [-0.3, -0.25) is 0 Å². The lowest BCUT2D eigenvalue weighted by atomic mass is 9.85. The lowest BCUT2D eigenvalue weighted by molar-refractivity contribution is 0.355. The third-order valence-corrected chi connectivity index (χ3v) is 2.73. The molecule has 0 bridgehead atoms. The van der Waals surface area contributed by atoms with E-state index in [1.807, 2.05) is 13.8 Å². The number of halogens is 2. The molecule has 0 radical (unpaired) electrons. The predicted octanol–water partition coefficient (Wildman–Crippen LogP) is 4.54. The van der Waals surface area contributed by atoms with Crippen molar-refractivity contribution in [1.82, 2.24) is 0 Å². The largest absolute Gasteiger partial charge is 0.446 e. The zero-order valence-corrected chi connectivity index (χ0v) is 9.62. The number of hydrogen-bond acceptors (Lipinski definition) is 1. The highest BCUT2D eigenvalue weighted by Crippen LogP contribution is 2.33. The van der Waals surface area contributed by atoms with Gasteiger partial charge in [0.05, 0.1) is 0 Å². The van der Waals surface area contributed by atoms with Crippen LogP contribution in [-0.4, -0.2) is 0 Å². The first kappa shape index (κ1) is 11.6.